The van der Waals surface area contributed by atoms with E-state index in [2.05, 4.69) is 24.4 Å². The van der Waals surface area contributed by atoms with Gasteiger partial charge in [-0.2, -0.15) is 0 Å². The summed E-state index contributed by atoms with van der Waals surface area (Å²) in [6.45, 7) is 8.52. The van der Waals surface area contributed by atoms with Gasteiger partial charge in [-0.25, -0.2) is 0 Å². The first kappa shape index (κ1) is 14.0. The fourth-order valence-corrected chi connectivity index (χ4v) is 3.37. The highest BCUT2D eigenvalue weighted by molar-refractivity contribution is 5.11. The first-order valence-electron chi connectivity index (χ1n) is 7.39. The van der Waals surface area contributed by atoms with Crippen molar-refractivity contribution in [3.63, 3.8) is 0 Å². The molecule has 0 heterocycles. The molecule has 1 saturated carbocycles. The predicted octanol–water partition coefficient (Wildman–Crippen LogP) is 2.58. The molecule has 3 heteroatoms. The van der Waals surface area contributed by atoms with E-state index in [9.17, 15) is 0 Å². The fraction of sp³-hybridized carbons (Fsp3) is 0.867. The maximum absolute atomic E-state index is 5.56. The van der Waals surface area contributed by atoms with Crippen LogP contribution in [0.25, 0.3) is 0 Å². The van der Waals surface area contributed by atoms with Gasteiger partial charge in [0.05, 0.1) is 0 Å². The van der Waals surface area contributed by atoms with Crippen molar-refractivity contribution in [2.24, 2.45) is 17.8 Å². The van der Waals surface area contributed by atoms with Crippen LogP contribution < -0.4 is 5.32 Å². The van der Waals surface area contributed by atoms with Crippen molar-refractivity contribution in [3.05, 3.63) is 12.2 Å². The summed E-state index contributed by atoms with van der Waals surface area (Å²) >= 11 is 0. The highest BCUT2D eigenvalue weighted by Crippen LogP contribution is 2.44. The molecule has 104 valence electrons. The monoisotopic (exact) mass is 253 g/mol. The van der Waals surface area contributed by atoms with Gasteiger partial charge in [0, 0.05) is 25.8 Å². The quantitative estimate of drug-likeness (QED) is 0.533. The number of allylic oxidation sites excluding steroid dienone is 2. The Balaban J connectivity index is 1.73. The van der Waals surface area contributed by atoms with E-state index in [1.54, 1.807) is 0 Å². The number of rotatable bonds is 8. The van der Waals surface area contributed by atoms with E-state index in [1.165, 1.54) is 12.8 Å². The van der Waals surface area contributed by atoms with E-state index in [0.717, 1.165) is 24.3 Å². The van der Waals surface area contributed by atoms with Gasteiger partial charge in [-0.3, -0.25) is 0 Å². The fourth-order valence-electron chi connectivity index (χ4n) is 3.37. The topological polar surface area (TPSA) is 30.5 Å². The van der Waals surface area contributed by atoms with Crippen LogP contribution in [0.4, 0.5) is 0 Å². The second-order valence-electron chi connectivity index (χ2n) is 5.48. The number of fused-ring (bicyclic) bond motifs is 2. The van der Waals surface area contributed by atoms with Crippen LogP contribution >= 0.6 is 0 Å². The Morgan fingerprint density at radius 3 is 2.39 bits per heavy atom. The minimum absolute atomic E-state index is 0.100. The summed E-state index contributed by atoms with van der Waals surface area (Å²) in [7, 11) is 0. The maximum atomic E-state index is 5.56. The number of hydrogen-bond donors (Lipinski definition) is 1. The van der Waals surface area contributed by atoms with E-state index in [-0.39, 0.29) is 6.29 Å². The molecule has 0 aromatic rings. The molecular weight excluding hydrogens is 226 g/mol. The van der Waals surface area contributed by atoms with Gasteiger partial charge in [0.1, 0.15) is 0 Å². The average Bonchev–Trinajstić information content (AvgIpc) is 2.98. The Labute approximate surface area is 111 Å². The van der Waals surface area contributed by atoms with Gasteiger partial charge in [-0.05, 0) is 51.4 Å². The number of hydrogen-bond acceptors (Lipinski definition) is 3. The van der Waals surface area contributed by atoms with Crippen molar-refractivity contribution in [1.29, 1.82) is 0 Å². The molecule has 0 aromatic heterocycles. The number of ether oxygens (including phenoxy) is 2. The number of nitrogens with one attached hydrogen (secondary N) is 1. The molecule has 0 radical (unpaired) electrons. The minimum atomic E-state index is -0.100. The first-order valence-corrected chi connectivity index (χ1v) is 7.39. The molecule has 0 spiro atoms. The molecular formula is C15H27NO2. The third-order valence-corrected chi connectivity index (χ3v) is 4.28. The van der Waals surface area contributed by atoms with Gasteiger partial charge in [-0.1, -0.05) is 12.2 Å². The molecule has 4 unspecified atom stereocenters. The lowest BCUT2D eigenvalue weighted by Gasteiger charge is -2.28. The molecule has 18 heavy (non-hydrogen) atoms. The molecule has 1 N–H and O–H groups in total. The second-order valence-corrected chi connectivity index (χ2v) is 5.48. The summed E-state index contributed by atoms with van der Waals surface area (Å²) in [4.78, 5) is 0. The summed E-state index contributed by atoms with van der Waals surface area (Å²) in [6.07, 6.45) is 7.44. The smallest absolute Gasteiger partial charge is 0.169 e. The highest BCUT2D eigenvalue weighted by atomic mass is 16.7. The summed E-state index contributed by atoms with van der Waals surface area (Å²) in [5.74, 6) is 2.44. The first-order chi connectivity index (χ1) is 8.74. The van der Waals surface area contributed by atoms with Crippen molar-refractivity contribution in [3.8, 4) is 0 Å². The van der Waals surface area contributed by atoms with Crippen LogP contribution in [0.3, 0.4) is 0 Å². The van der Waals surface area contributed by atoms with Crippen molar-refractivity contribution < 1.29 is 9.47 Å². The molecule has 2 aliphatic rings. The molecule has 0 saturated heterocycles. The molecule has 2 aliphatic carbocycles. The normalized spacial score (nSPS) is 31.4. The molecule has 0 aromatic carbocycles. The minimum Gasteiger partial charge on any atom is -0.352 e. The Morgan fingerprint density at radius 2 is 1.89 bits per heavy atom. The van der Waals surface area contributed by atoms with Gasteiger partial charge in [-0.15, -0.1) is 0 Å². The second kappa shape index (κ2) is 6.69. The van der Waals surface area contributed by atoms with E-state index >= 15 is 0 Å². The molecule has 0 aliphatic heterocycles. The van der Waals surface area contributed by atoms with Crippen LogP contribution in [0, 0.1) is 17.8 Å². The molecule has 2 bridgehead atoms. The van der Waals surface area contributed by atoms with Gasteiger partial charge < -0.3 is 14.8 Å². The zero-order valence-electron chi connectivity index (χ0n) is 11.9. The van der Waals surface area contributed by atoms with Crippen LogP contribution in [0.15, 0.2) is 12.2 Å². The summed E-state index contributed by atoms with van der Waals surface area (Å²) < 4.78 is 11.1. The van der Waals surface area contributed by atoms with Crippen molar-refractivity contribution in [2.45, 2.75) is 45.9 Å². The summed E-state index contributed by atoms with van der Waals surface area (Å²) in [5, 5.41) is 3.60. The third-order valence-electron chi connectivity index (χ3n) is 4.28. The van der Waals surface area contributed by atoms with Crippen LogP contribution in [-0.2, 0) is 9.47 Å². The van der Waals surface area contributed by atoms with Gasteiger partial charge in [0.2, 0.25) is 0 Å². The Morgan fingerprint density at radius 1 is 1.17 bits per heavy atom. The van der Waals surface area contributed by atoms with Gasteiger partial charge >= 0.3 is 0 Å². The Bertz CT molecular complexity index is 274. The lowest BCUT2D eigenvalue weighted by Crippen LogP contribution is -2.41. The largest absolute Gasteiger partial charge is 0.352 e. The molecule has 4 atom stereocenters. The van der Waals surface area contributed by atoms with Crippen LogP contribution in [0.2, 0.25) is 0 Å². The van der Waals surface area contributed by atoms with Crippen LogP contribution in [0.1, 0.15) is 33.6 Å². The lowest BCUT2D eigenvalue weighted by atomic mass is 9.87. The van der Waals surface area contributed by atoms with E-state index < -0.39 is 0 Å². The van der Waals surface area contributed by atoms with Crippen molar-refractivity contribution in [1.82, 2.24) is 5.32 Å². The van der Waals surface area contributed by atoms with Gasteiger partial charge in [0.25, 0.3) is 0 Å². The zero-order valence-corrected chi connectivity index (χ0v) is 11.9. The highest BCUT2D eigenvalue weighted by Gasteiger charge is 2.38. The molecule has 3 nitrogen and oxygen atoms in total. The SMILES string of the molecule is CCOC(CNC(C)C1CC2C=CC1C2)OCC. The van der Waals surface area contributed by atoms with Crippen molar-refractivity contribution in [2.75, 3.05) is 19.8 Å². The molecule has 2 rings (SSSR count). The van der Waals surface area contributed by atoms with Gasteiger partial charge in [0.15, 0.2) is 6.29 Å². The van der Waals surface area contributed by atoms with E-state index in [0.29, 0.717) is 19.3 Å². The molecule has 1 fully saturated rings. The van der Waals surface area contributed by atoms with Crippen LogP contribution in [0.5, 0.6) is 0 Å². The predicted molar refractivity (Wildman–Crippen MR) is 73.3 cm³/mol. The molecule has 0 amide bonds. The lowest BCUT2D eigenvalue weighted by molar-refractivity contribution is -0.134. The van der Waals surface area contributed by atoms with Crippen molar-refractivity contribution >= 4 is 0 Å². The summed E-state index contributed by atoms with van der Waals surface area (Å²) in [6, 6.07) is 0.549. The third kappa shape index (κ3) is 3.34. The standard InChI is InChI=1S/C15H27NO2/c1-4-17-15(18-5-2)10-16-11(3)14-9-12-6-7-13(14)8-12/h6-7,11-16H,4-5,8-10H2,1-3H3. The Kier molecular flexibility index (Phi) is 5.22. The summed E-state index contributed by atoms with van der Waals surface area (Å²) in [5.41, 5.74) is 0. The zero-order chi connectivity index (χ0) is 13.0. The maximum Gasteiger partial charge on any atom is 0.169 e. The van der Waals surface area contributed by atoms with E-state index in [1.807, 2.05) is 13.8 Å². The average molecular weight is 253 g/mol. The Hall–Kier alpha value is -0.380. The van der Waals surface area contributed by atoms with E-state index in [4.69, 9.17) is 9.47 Å². The van der Waals surface area contributed by atoms with Crippen LogP contribution in [-0.4, -0.2) is 32.1 Å².